The van der Waals surface area contributed by atoms with E-state index in [1.807, 2.05) is 24.3 Å². The Hall–Kier alpha value is -0.970. The zero-order chi connectivity index (χ0) is 11.3. The van der Waals surface area contributed by atoms with Crippen LogP contribution in [0.25, 0.3) is 0 Å². The monoisotopic (exact) mass is 221 g/mol. The topological polar surface area (TPSA) is 12.0 Å². The lowest BCUT2D eigenvalue weighted by Crippen LogP contribution is -2.29. The average molecular weight is 222 g/mol. The van der Waals surface area contributed by atoms with Crippen molar-refractivity contribution in [1.82, 2.24) is 5.32 Å². The first-order valence-electron chi connectivity index (χ1n) is 5.15. The van der Waals surface area contributed by atoms with Crippen molar-refractivity contribution in [2.24, 2.45) is 0 Å². The van der Waals surface area contributed by atoms with Gasteiger partial charge in [-0.25, -0.2) is 0 Å². The molecule has 1 aromatic rings. The van der Waals surface area contributed by atoms with Gasteiger partial charge in [-0.1, -0.05) is 36.6 Å². The normalized spacial score (nSPS) is 14.3. The summed E-state index contributed by atoms with van der Waals surface area (Å²) in [4.78, 5) is 0. The van der Waals surface area contributed by atoms with E-state index in [4.69, 9.17) is 18.0 Å². The summed E-state index contributed by atoms with van der Waals surface area (Å²) in [5, 5.41) is 4.12. The van der Waals surface area contributed by atoms with Crippen molar-refractivity contribution in [3.63, 3.8) is 0 Å². The van der Waals surface area contributed by atoms with Crippen molar-refractivity contribution in [3.05, 3.63) is 34.9 Å². The minimum Gasteiger partial charge on any atom is -0.297 e. The summed E-state index contributed by atoms with van der Waals surface area (Å²) in [5.41, 5.74) is 1.16. The number of rotatable bonds is 4. The van der Waals surface area contributed by atoms with Gasteiger partial charge < -0.3 is 0 Å². The predicted octanol–water partition coefficient (Wildman–Crippen LogP) is 3.40. The number of hydrogen-bond acceptors (Lipinski definition) is 1. The fraction of sp³-hybridized carbons (Fsp3) is 0.385. The molecule has 0 bridgehead atoms. The minimum absolute atomic E-state index is 0.124. The summed E-state index contributed by atoms with van der Waals surface area (Å²) in [6.45, 7) is 4.16. The summed E-state index contributed by atoms with van der Waals surface area (Å²) < 4.78 is 0. The smallest absolute Gasteiger partial charge is 0.0688 e. The van der Waals surface area contributed by atoms with E-state index in [-0.39, 0.29) is 12.1 Å². The summed E-state index contributed by atoms with van der Waals surface area (Å²) in [7, 11) is 0. The highest BCUT2D eigenvalue weighted by Gasteiger charge is 2.09. The van der Waals surface area contributed by atoms with Crippen molar-refractivity contribution >= 4 is 11.6 Å². The van der Waals surface area contributed by atoms with Crippen LogP contribution in [0.15, 0.2) is 24.3 Å². The molecule has 0 aliphatic heterocycles. The molecule has 0 aromatic heterocycles. The molecule has 0 amide bonds. The number of nitrogens with one attached hydrogen (secondary N) is 1. The van der Waals surface area contributed by atoms with Crippen LogP contribution in [0.4, 0.5) is 0 Å². The molecule has 80 valence electrons. The molecule has 2 heteroatoms. The summed E-state index contributed by atoms with van der Waals surface area (Å²) >= 11 is 5.93. The van der Waals surface area contributed by atoms with E-state index < -0.39 is 0 Å². The van der Waals surface area contributed by atoms with Gasteiger partial charge in [0, 0.05) is 11.1 Å². The molecule has 0 aliphatic rings. The third-order valence-electron chi connectivity index (χ3n) is 2.41. The maximum absolute atomic E-state index is 5.93. The lowest BCUT2D eigenvalue weighted by molar-refractivity contribution is 0.512. The molecule has 0 saturated carbocycles. The molecule has 1 unspecified atom stereocenters. The van der Waals surface area contributed by atoms with Crippen LogP contribution in [0.3, 0.4) is 0 Å². The van der Waals surface area contributed by atoms with Gasteiger partial charge in [0.25, 0.3) is 0 Å². The average Bonchev–Trinajstić information content (AvgIpc) is 2.25. The largest absolute Gasteiger partial charge is 0.297 e. The highest BCUT2D eigenvalue weighted by molar-refractivity contribution is 6.30. The third-order valence-corrected chi connectivity index (χ3v) is 2.64. The van der Waals surface area contributed by atoms with Crippen molar-refractivity contribution in [2.45, 2.75) is 32.4 Å². The molecular formula is C13H16ClN. The van der Waals surface area contributed by atoms with E-state index in [1.54, 1.807) is 0 Å². The summed E-state index contributed by atoms with van der Waals surface area (Å²) in [6, 6.07) is 8.18. The molecular weight excluding hydrogens is 206 g/mol. The molecule has 15 heavy (non-hydrogen) atoms. The lowest BCUT2D eigenvalue weighted by Gasteiger charge is -2.18. The van der Waals surface area contributed by atoms with Crippen LogP contribution in [0, 0.1) is 12.3 Å². The Morgan fingerprint density at radius 1 is 1.53 bits per heavy atom. The Morgan fingerprint density at radius 2 is 2.27 bits per heavy atom. The van der Waals surface area contributed by atoms with Gasteiger partial charge in [0.05, 0.1) is 6.04 Å². The molecule has 1 nitrogen and oxygen atoms in total. The Kier molecular flexibility index (Phi) is 4.68. The van der Waals surface area contributed by atoms with Crippen LogP contribution < -0.4 is 5.32 Å². The van der Waals surface area contributed by atoms with Gasteiger partial charge in [-0.3, -0.25) is 5.32 Å². The SMILES string of the molecule is C#CC(CC)N[C@H](C)c1cccc(Cl)c1. The van der Waals surface area contributed by atoms with Crippen LogP contribution in [-0.2, 0) is 0 Å². The fourth-order valence-electron chi connectivity index (χ4n) is 1.46. The molecule has 1 rings (SSSR count). The van der Waals surface area contributed by atoms with Crippen molar-refractivity contribution in [1.29, 1.82) is 0 Å². The summed E-state index contributed by atoms with van der Waals surface area (Å²) in [6.07, 6.45) is 6.33. The molecule has 0 fully saturated rings. The molecule has 1 aromatic carbocycles. The number of terminal acetylenes is 1. The van der Waals surface area contributed by atoms with Gasteiger partial charge in [-0.15, -0.1) is 6.42 Å². The van der Waals surface area contributed by atoms with Gasteiger partial charge in [0.2, 0.25) is 0 Å². The zero-order valence-corrected chi connectivity index (χ0v) is 9.88. The molecule has 0 spiro atoms. The highest BCUT2D eigenvalue weighted by Crippen LogP contribution is 2.17. The van der Waals surface area contributed by atoms with E-state index in [0.717, 1.165) is 17.0 Å². The third kappa shape index (κ3) is 3.58. The van der Waals surface area contributed by atoms with Crippen molar-refractivity contribution < 1.29 is 0 Å². The van der Waals surface area contributed by atoms with E-state index in [2.05, 4.69) is 25.1 Å². The van der Waals surface area contributed by atoms with Crippen LogP contribution in [0.5, 0.6) is 0 Å². The molecule has 2 atom stereocenters. The number of benzene rings is 1. The Bertz CT molecular complexity index is 354. The van der Waals surface area contributed by atoms with Crippen LogP contribution >= 0.6 is 11.6 Å². The molecule has 1 N–H and O–H groups in total. The van der Waals surface area contributed by atoms with Gasteiger partial charge >= 0.3 is 0 Å². The predicted molar refractivity (Wildman–Crippen MR) is 65.9 cm³/mol. The first-order chi connectivity index (χ1) is 7.17. The van der Waals surface area contributed by atoms with Crippen LogP contribution in [0.1, 0.15) is 31.9 Å². The van der Waals surface area contributed by atoms with Gasteiger partial charge in [0.15, 0.2) is 0 Å². The van der Waals surface area contributed by atoms with Crippen LogP contribution in [-0.4, -0.2) is 6.04 Å². The van der Waals surface area contributed by atoms with E-state index in [1.165, 1.54) is 0 Å². The maximum atomic E-state index is 5.93. The highest BCUT2D eigenvalue weighted by atomic mass is 35.5. The maximum Gasteiger partial charge on any atom is 0.0688 e. The van der Waals surface area contributed by atoms with Crippen molar-refractivity contribution in [3.8, 4) is 12.3 Å². The minimum atomic E-state index is 0.124. The molecule has 0 radical (unpaired) electrons. The Morgan fingerprint density at radius 3 is 2.80 bits per heavy atom. The van der Waals surface area contributed by atoms with Gasteiger partial charge in [-0.05, 0) is 31.0 Å². The van der Waals surface area contributed by atoms with E-state index >= 15 is 0 Å². The summed E-state index contributed by atoms with van der Waals surface area (Å²) in [5.74, 6) is 2.72. The fourth-order valence-corrected chi connectivity index (χ4v) is 1.66. The zero-order valence-electron chi connectivity index (χ0n) is 9.13. The Balaban J connectivity index is 2.69. The standard InChI is InChI=1S/C13H16ClN/c1-4-13(5-2)15-10(3)11-7-6-8-12(14)9-11/h1,6-10,13,15H,5H2,2-3H3/t10-,13?/m1/s1. The molecule has 0 heterocycles. The lowest BCUT2D eigenvalue weighted by atomic mass is 10.1. The van der Waals surface area contributed by atoms with E-state index in [9.17, 15) is 0 Å². The molecule has 0 saturated heterocycles. The van der Waals surface area contributed by atoms with Gasteiger partial charge in [0.1, 0.15) is 0 Å². The van der Waals surface area contributed by atoms with Crippen molar-refractivity contribution in [2.75, 3.05) is 0 Å². The van der Waals surface area contributed by atoms with Gasteiger partial charge in [-0.2, -0.15) is 0 Å². The second-order valence-corrected chi connectivity index (χ2v) is 4.01. The van der Waals surface area contributed by atoms with Crippen LogP contribution in [0.2, 0.25) is 5.02 Å². The number of halogens is 1. The van der Waals surface area contributed by atoms with E-state index in [0.29, 0.717) is 0 Å². The molecule has 0 aliphatic carbocycles. The second-order valence-electron chi connectivity index (χ2n) is 3.57. The first-order valence-corrected chi connectivity index (χ1v) is 5.52. The number of hydrogen-bond donors (Lipinski definition) is 1. The first kappa shape index (κ1) is 12.1. The Labute approximate surface area is 96.8 Å². The quantitative estimate of drug-likeness (QED) is 0.769. The second kappa shape index (κ2) is 5.80.